The Morgan fingerprint density at radius 3 is 3.00 bits per heavy atom. The van der Waals surface area contributed by atoms with Crippen LogP contribution in [-0.2, 0) is 11.8 Å². The highest BCUT2D eigenvalue weighted by atomic mass is 16.7. The molecule has 4 rings (SSSR count). The number of piperidine rings is 1. The molecular formula is C19H21N3O3. The fourth-order valence-electron chi connectivity index (χ4n) is 3.36. The van der Waals surface area contributed by atoms with E-state index in [0.29, 0.717) is 5.92 Å². The molecular weight excluding hydrogens is 318 g/mol. The summed E-state index contributed by atoms with van der Waals surface area (Å²) in [5, 5.41) is 4.49. The Bertz CT molecular complexity index is 812. The molecule has 1 atom stereocenters. The lowest BCUT2D eigenvalue weighted by atomic mass is 9.95. The standard InChI is InChI=1S/C19H21N3O3/c1-21-10-8-16(20-21)15-3-2-9-22(12-15)19(23)7-5-14-4-6-17-18(11-14)25-13-24-17/h4-8,10-11,15H,2-3,9,12-13H2,1H3/b7-5+/t15-/m1/s1. The lowest BCUT2D eigenvalue weighted by molar-refractivity contribution is -0.127. The van der Waals surface area contributed by atoms with Crippen molar-refractivity contribution in [2.45, 2.75) is 18.8 Å². The number of hydrogen-bond acceptors (Lipinski definition) is 4. The molecule has 0 bridgehead atoms. The molecule has 1 saturated heterocycles. The molecule has 0 unspecified atom stereocenters. The van der Waals surface area contributed by atoms with Crippen LogP contribution in [0.4, 0.5) is 0 Å². The summed E-state index contributed by atoms with van der Waals surface area (Å²) < 4.78 is 12.5. The average Bonchev–Trinajstić information content (AvgIpc) is 3.28. The average molecular weight is 339 g/mol. The van der Waals surface area contributed by atoms with Crippen molar-refractivity contribution in [3.8, 4) is 11.5 Å². The molecule has 2 aliphatic heterocycles. The minimum absolute atomic E-state index is 0.0401. The molecule has 0 aliphatic carbocycles. The molecule has 0 spiro atoms. The molecule has 1 fully saturated rings. The van der Waals surface area contributed by atoms with Gasteiger partial charge in [-0.3, -0.25) is 9.48 Å². The normalized spacial score (nSPS) is 19.6. The van der Waals surface area contributed by atoms with Crippen LogP contribution >= 0.6 is 0 Å². The SMILES string of the molecule is Cn1ccc([C@@H]2CCCN(C(=O)/C=C/c3ccc4c(c3)OCO4)C2)n1. The summed E-state index contributed by atoms with van der Waals surface area (Å²) in [5.74, 6) is 1.83. The summed E-state index contributed by atoms with van der Waals surface area (Å²) in [6.07, 6.45) is 7.50. The molecule has 2 aromatic rings. The number of carbonyl (C=O) groups excluding carboxylic acids is 1. The van der Waals surface area contributed by atoms with Crippen LogP contribution in [-0.4, -0.2) is 40.5 Å². The third-order valence-electron chi connectivity index (χ3n) is 4.70. The highest BCUT2D eigenvalue weighted by Crippen LogP contribution is 2.33. The van der Waals surface area contributed by atoms with Crippen LogP contribution in [0.15, 0.2) is 36.5 Å². The van der Waals surface area contributed by atoms with Crippen molar-refractivity contribution < 1.29 is 14.3 Å². The van der Waals surface area contributed by atoms with Crippen molar-refractivity contribution >= 4 is 12.0 Å². The maximum atomic E-state index is 12.5. The van der Waals surface area contributed by atoms with Crippen molar-refractivity contribution in [3.05, 3.63) is 47.8 Å². The lowest BCUT2D eigenvalue weighted by Crippen LogP contribution is -2.38. The van der Waals surface area contributed by atoms with Crippen molar-refractivity contribution in [3.63, 3.8) is 0 Å². The first-order valence-electron chi connectivity index (χ1n) is 8.55. The molecule has 0 radical (unpaired) electrons. The molecule has 3 heterocycles. The Labute approximate surface area is 146 Å². The summed E-state index contributed by atoms with van der Waals surface area (Å²) >= 11 is 0. The van der Waals surface area contributed by atoms with Crippen LogP contribution in [0.5, 0.6) is 11.5 Å². The molecule has 6 nitrogen and oxygen atoms in total. The van der Waals surface area contributed by atoms with Crippen LogP contribution in [0.25, 0.3) is 6.08 Å². The number of nitrogens with zero attached hydrogens (tertiary/aromatic N) is 3. The van der Waals surface area contributed by atoms with Gasteiger partial charge in [0.25, 0.3) is 0 Å². The molecule has 0 N–H and O–H groups in total. The molecule has 6 heteroatoms. The van der Waals surface area contributed by atoms with Gasteiger partial charge in [0.15, 0.2) is 11.5 Å². The smallest absolute Gasteiger partial charge is 0.246 e. The summed E-state index contributed by atoms with van der Waals surface area (Å²) in [7, 11) is 1.92. The number of rotatable bonds is 3. The maximum absolute atomic E-state index is 12.5. The van der Waals surface area contributed by atoms with Gasteiger partial charge in [0.2, 0.25) is 12.7 Å². The third kappa shape index (κ3) is 3.38. The van der Waals surface area contributed by atoms with Gasteiger partial charge in [0, 0.05) is 38.3 Å². The van der Waals surface area contributed by atoms with E-state index in [-0.39, 0.29) is 12.7 Å². The summed E-state index contributed by atoms with van der Waals surface area (Å²) in [6.45, 7) is 1.78. The van der Waals surface area contributed by atoms with E-state index in [1.807, 2.05) is 53.2 Å². The first kappa shape index (κ1) is 15.7. The fraction of sp³-hybridized carbons (Fsp3) is 0.368. The van der Waals surface area contributed by atoms with Crippen LogP contribution in [0, 0.1) is 0 Å². The van der Waals surface area contributed by atoms with Gasteiger partial charge in [-0.05, 0) is 42.7 Å². The number of ether oxygens (including phenoxy) is 2. The first-order chi connectivity index (χ1) is 12.2. The maximum Gasteiger partial charge on any atom is 0.246 e. The van der Waals surface area contributed by atoms with Crippen molar-refractivity contribution in [2.24, 2.45) is 7.05 Å². The molecule has 1 amide bonds. The van der Waals surface area contributed by atoms with Gasteiger partial charge in [-0.2, -0.15) is 5.10 Å². The molecule has 1 aromatic heterocycles. The molecule has 2 aliphatic rings. The van der Waals surface area contributed by atoms with Gasteiger partial charge in [0.1, 0.15) is 0 Å². The number of aromatic nitrogens is 2. The van der Waals surface area contributed by atoms with E-state index in [0.717, 1.165) is 48.7 Å². The number of fused-ring (bicyclic) bond motifs is 1. The Morgan fingerprint density at radius 2 is 2.16 bits per heavy atom. The molecule has 1 aromatic carbocycles. The second-order valence-electron chi connectivity index (χ2n) is 6.48. The van der Waals surface area contributed by atoms with E-state index in [1.165, 1.54) is 0 Å². The highest BCUT2D eigenvalue weighted by molar-refractivity contribution is 5.92. The van der Waals surface area contributed by atoms with E-state index in [2.05, 4.69) is 5.10 Å². The van der Waals surface area contributed by atoms with E-state index >= 15 is 0 Å². The Kier molecular flexibility index (Phi) is 4.17. The quantitative estimate of drug-likeness (QED) is 0.807. The highest BCUT2D eigenvalue weighted by Gasteiger charge is 2.25. The Balaban J connectivity index is 1.42. The molecule has 130 valence electrons. The first-order valence-corrected chi connectivity index (χ1v) is 8.55. The van der Waals surface area contributed by atoms with Gasteiger partial charge in [-0.1, -0.05) is 6.07 Å². The number of aryl methyl sites for hydroxylation is 1. The summed E-state index contributed by atoms with van der Waals surface area (Å²) in [6, 6.07) is 7.72. The monoisotopic (exact) mass is 339 g/mol. The van der Waals surface area contributed by atoms with Gasteiger partial charge >= 0.3 is 0 Å². The predicted octanol–water partition coefficient (Wildman–Crippen LogP) is 2.57. The largest absolute Gasteiger partial charge is 0.454 e. The molecule has 0 saturated carbocycles. The van der Waals surface area contributed by atoms with Gasteiger partial charge in [0.05, 0.1) is 5.69 Å². The molecule has 25 heavy (non-hydrogen) atoms. The van der Waals surface area contributed by atoms with Crippen LogP contribution in [0.3, 0.4) is 0 Å². The van der Waals surface area contributed by atoms with E-state index in [4.69, 9.17) is 9.47 Å². The second kappa shape index (κ2) is 6.63. The predicted molar refractivity (Wildman–Crippen MR) is 93.4 cm³/mol. The third-order valence-corrected chi connectivity index (χ3v) is 4.70. The summed E-state index contributed by atoms with van der Waals surface area (Å²) in [5.41, 5.74) is 2.00. The minimum Gasteiger partial charge on any atom is -0.454 e. The number of benzene rings is 1. The van der Waals surface area contributed by atoms with Crippen LogP contribution < -0.4 is 9.47 Å². The summed E-state index contributed by atoms with van der Waals surface area (Å²) in [4.78, 5) is 14.5. The van der Waals surface area contributed by atoms with Crippen LogP contribution in [0.1, 0.15) is 30.0 Å². The van der Waals surface area contributed by atoms with Gasteiger partial charge in [-0.15, -0.1) is 0 Å². The zero-order valence-electron chi connectivity index (χ0n) is 14.2. The zero-order valence-corrected chi connectivity index (χ0v) is 14.2. The van der Waals surface area contributed by atoms with E-state index < -0.39 is 0 Å². The number of carbonyl (C=O) groups is 1. The van der Waals surface area contributed by atoms with Gasteiger partial charge in [-0.25, -0.2) is 0 Å². The van der Waals surface area contributed by atoms with Crippen molar-refractivity contribution in [1.29, 1.82) is 0 Å². The van der Waals surface area contributed by atoms with E-state index in [9.17, 15) is 4.79 Å². The van der Waals surface area contributed by atoms with Crippen molar-refractivity contribution in [1.82, 2.24) is 14.7 Å². The Morgan fingerprint density at radius 1 is 1.28 bits per heavy atom. The minimum atomic E-state index is 0.0401. The van der Waals surface area contributed by atoms with Crippen molar-refractivity contribution in [2.75, 3.05) is 19.9 Å². The Hall–Kier alpha value is -2.76. The second-order valence-corrected chi connectivity index (χ2v) is 6.48. The number of amides is 1. The topological polar surface area (TPSA) is 56.6 Å². The number of likely N-dealkylation sites (tertiary alicyclic amines) is 1. The number of hydrogen-bond donors (Lipinski definition) is 0. The van der Waals surface area contributed by atoms with E-state index in [1.54, 1.807) is 6.08 Å². The van der Waals surface area contributed by atoms with Gasteiger partial charge < -0.3 is 14.4 Å². The van der Waals surface area contributed by atoms with Crippen LogP contribution in [0.2, 0.25) is 0 Å². The zero-order chi connectivity index (χ0) is 17.2. The fourth-order valence-corrected chi connectivity index (χ4v) is 3.36. The lowest BCUT2D eigenvalue weighted by Gasteiger charge is -2.31.